The maximum Gasteiger partial charge on any atom is 0.261 e. The van der Waals surface area contributed by atoms with Crippen LogP contribution in [-0.2, 0) is 9.59 Å². The zero-order chi connectivity index (χ0) is 41.0. The van der Waals surface area contributed by atoms with Gasteiger partial charge in [0, 0.05) is 18.0 Å². The van der Waals surface area contributed by atoms with E-state index < -0.39 is 0 Å². The minimum atomic E-state index is 0.0378. The van der Waals surface area contributed by atoms with Gasteiger partial charge in [-0.2, -0.15) is 0 Å². The molecular formula is C52H76N2O2S2. The molecule has 2 aliphatic heterocycles. The summed E-state index contributed by atoms with van der Waals surface area (Å²) >= 11 is 3.39. The lowest BCUT2D eigenvalue weighted by Crippen LogP contribution is -2.34. The Hall–Kier alpha value is -2.96. The first-order valence-electron chi connectivity index (χ1n) is 23.8. The molecule has 5 rings (SSSR count). The fourth-order valence-corrected chi connectivity index (χ4v) is 11.1. The molecule has 0 bridgehead atoms. The normalized spacial score (nSPS) is 15.4. The van der Waals surface area contributed by atoms with E-state index in [1.165, 1.54) is 139 Å². The van der Waals surface area contributed by atoms with E-state index in [9.17, 15) is 0 Å². The molecule has 0 radical (unpaired) electrons. The zero-order valence-electron chi connectivity index (χ0n) is 36.8. The number of carbonyl (C=O) groups is 2. The number of carbonyl (C=O) groups excluding carboxylic acids is 2. The van der Waals surface area contributed by atoms with Crippen LogP contribution in [-0.4, -0.2) is 34.7 Å². The number of rotatable bonds is 31. The third-order valence-electron chi connectivity index (χ3n) is 12.6. The summed E-state index contributed by atoms with van der Waals surface area (Å²) in [6, 6.07) is 19.1. The van der Waals surface area contributed by atoms with Crippen molar-refractivity contribution in [1.29, 1.82) is 0 Å². The largest absolute Gasteiger partial charge is 0.306 e. The Morgan fingerprint density at radius 2 is 0.862 bits per heavy atom. The van der Waals surface area contributed by atoms with Gasteiger partial charge in [-0.25, -0.2) is 0 Å². The van der Waals surface area contributed by atoms with Crippen LogP contribution in [0.2, 0.25) is 0 Å². The maximum atomic E-state index is 15.3. The van der Waals surface area contributed by atoms with Crippen LogP contribution in [0, 0.1) is 11.8 Å². The Labute approximate surface area is 361 Å². The maximum absolute atomic E-state index is 15.3. The van der Waals surface area contributed by atoms with Crippen molar-refractivity contribution in [1.82, 2.24) is 9.80 Å². The van der Waals surface area contributed by atoms with Crippen molar-refractivity contribution in [3.8, 4) is 10.4 Å². The van der Waals surface area contributed by atoms with Gasteiger partial charge in [0.2, 0.25) is 0 Å². The van der Waals surface area contributed by atoms with E-state index in [0.29, 0.717) is 36.1 Å². The van der Waals surface area contributed by atoms with Gasteiger partial charge in [0.15, 0.2) is 0 Å². The number of unbranched alkanes of at least 4 members (excludes halogenated alkanes) is 16. The molecule has 0 spiro atoms. The Balaban J connectivity index is 1.51. The van der Waals surface area contributed by atoms with Crippen molar-refractivity contribution in [2.75, 3.05) is 13.1 Å². The molecule has 6 heteroatoms. The average Bonchev–Trinajstić information content (AvgIpc) is 4.05. The van der Waals surface area contributed by atoms with Gasteiger partial charge in [0.1, 0.15) is 0 Å². The zero-order valence-corrected chi connectivity index (χ0v) is 38.5. The molecule has 318 valence electrons. The molecule has 0 saturated carbocycles. The predicted molar refractivity (Wildman–Crippen MR) is 252 cm³/mol. The summed E-state index contributed by atoms with van der Waals surface area (Å²) in [7, 11) is 0. The average molecular weight is 825 g/mol. The summed E-state index contributed by atoms with van der Waals surface area (Å²) in [6.07, 6.45) is 29.8. The smallest absolute Gasteiger partial charge is 0.261 e. The molecular weight excluding hydrogens is 749 g/mol. The molecule has 2 unspecified atom stereocenters. The highest BCUT2D eigenvalue weighted by Crippen LogP contribution is 2.50. The lowest BCUT2D eigenvalue weighted by molar-refractivity contribution is -0.124. The van der Waals surface area contributed by atoms with Crippen LogP contribution in [0.5, 0.6) is 0 Å². The van der Waals surface area contributed by atoms with E-state index in [1.807, 2.05) is 0 Å². The Bertz CT molecular complexity index is 1700. The minimum absolute atomic E-state index is 0.0378. The molecule has 2 aliphatic rings. The van der Waals surface area contributed by atoms with Gasteiger partial charge >= 0.3 is 0 Å². The molecule has 0 saturated heterocycles. The number of amides is 2. The fourth-order valence-electron chi connectivity index (χ4n) is 9.21. The first-order valence-corrected chi connectivity index (χ1v) is 25.5. The van der Waals surface area contributed by atoms with E-state index in [-0.39, 0.29) is 11.8 Å². The number of fused-ring (bicyclic) bond motifs is 1. The molecule has 2 atom stereocenters. The molecule has 2 aromatic heterocycles. The molecule has 1 aromatic carbocycles. The van der Waals surface area contributed by atoms with Crippen molar-refractivity contribution < 1.29 is 9.59 Å². The van der Waals surface area contributed by atoms with Gasteiger partial charge in [-0.3, -0.25) is 9.59 Å². The van der Waals surface area contributed by atoms with Crippen LogP contribution in [0.15, 0.2) is 71.1 Å². The van der Waals surface area contributed by atoms with Crippen molar-refractivity contribution in [2.24, 2.45) is 11.8 Å². The topological polar surface area (TPSA) is 40.6 Å². The van der Waals surface area contributed by atoms with Gasteiger partial charge in [0.05, 0.1) is 32.3 Å². The van der Waals surface area contributed by atoms with Gasteiger partial charge in [-0.15, -0.1) is 22.7 Å². The molecule has 2 amide bonds. The van der Waals surface area contributed by atoms with E-state index >= 15 is 9.59 Å². The lowest BCUT2D eigenvalue weighted by atomic mass is 9.93. The first-order chi connectivity index (χ1) is 28.5. The molecule has 4 nitrogen and oxygen atoms in total. The number of thiophene rings is 2. The van der Waals surface area contributed by atoms with Crippen molar-refractivity contribution in [2.45, 2.75) is 182 Å². The van der Waals surface area contributed by atoms with Crippen LogP contribution in [0.1, 0.15) is 192 Å². The van der Waals surface area contributed by atoms with Gasteiger partial charge < -0.3 is 9.80 Å². The van der Waals surface area contributed by atoms with Crippen LogP contribution in [0.25, 0.3) is 21.8 Å². The summed E-state index contributed by atoms with van der Waals surface area (Å²) in [5.74, 6) is 0.913. The SMILES string of the molecule is CCCCCCCCC(CCCCCC)CN1C(=O)C2=C(c3ccc(-c4ccccc4)s3)N(CC(CCCCCC)CCCCCCCC)C(=O)C2=C1c1cccs1. The van der Waals surface area contributed by atoms with Crippen LogP contribution in [0.4, 0.5) is 0 Å². The summed E-state index contributed by atoms with van der Waals surface area (Å²) < 4.78 is 0. The fraction of sp³-hybridized carbons (Fsp3) is 0.615. The number of nitrogens with zero attached hydrogens (tertiary/aromatic N) is 2. The molecule has 58 heavy (non-hydrogen) atoms. The van der Waals surface area contributed by atoms with E-state index in [1.54, 1.807) is 22.7 Å². The highest BCUT2D eigenvalue weighted by atomic mass is 32.1. The van der Waals surface area contributed by atoms with Crippen LogP contribution < -0.4 is 0 Å². The van der Waals surface area contributed by atoms with Crippen LogP contribution in [0.3, 0.4) is 0 Å². The molecule has 0 aliphatic carbocycles. The minimum Gasteiger partial charge on any atom is -0.306 e. The second-order valence-corrected chi connectivity index (χ2v) is 19.4. The third-order valence-corrected chi connectivity index (χ3v) is 14.6. The number of hydrogen-bond acceptors (Lipinski definition) is 4. The second-order valence-electron chi connectivity index (χ2n) is 17.3. The Morgan fingerprint density at radius 1 is 0.448 bits per heavy atom. The second kappa shape index (κ2) is 25.6. The molecule has 4 heterocycles. The quantitative estimate of drug-likeness (QED) is 0.0607. The summed E-state index contributed by atoms with van der Waals surface area (Å²) in [5, 5.41) is 2.10. The van der Waals surface area contributed by atoms with E-state index in [2.05, 4.69) is 97.5 Å². The number of hydrogen-bond donors (Lipinski definition) is 0. The summed E-state index contributed by atoms with van der Waals surface area (Å²) in [6.45, 7) is 10.5. The molecule has 0 N–H and O–H groups in total. The third kappa shape index (κ3) is 13.0. The monoisotopic (exact) mass is 825 g/mol. The summed E-state index contributed by atoms with van der Waals surface area (Å²) in [4.78, 5) is 38.0. The number of benzene rings is 1. The van der Waals surface area contributed by atoms with Crippen molar-refractivity contribution in [3.63, 3.8) is 0 Å². The van der Waals surface area contributed by atoms with E-state index in [4.69, 9.17) is 0 Å². The first kappa shape index (κ1) is 46.1. The van der Waals surface area contributed by atoms with Gasteiger partial charge in [-0.05, 0) is 66.7 Å². The van der Waals surface area contributed by atoms with Crippen molar-refractivity contribution in [3.05, 3.63) is 80.9 Å². The highest BCUT2D eigenvalue weighted by Gasteiger charge is 2.50. The highest BCUT2D eigenvalue weighted by molar-refractivity contribution is 7.16. The van der Waals surface area contributed by atoms with Gasteiger partial charge in [-0.1, -0.05) is 193 Å². The Morgan fingerprint density at radius 3 is 1.31 bits per heavy atom. The van der Waals surface area contributed by atoms with E-state index in [0.717, 1.165) is 46.8 Å². The molecule has 3 aromatic rings. The standard InChI is InChI=1S/C52H76N2O2S2/c1-5-9-13-17-19-24-31-41(29-22-15-11-7-3)39-53-49(45-35-28-38-57-45)47-48(52(53)56)50(46-37-36-44(58-46)43-33-26-21-27-34-43)54(51(47)55)40-42(30-23-16-12-8-4)32-25-20-18-14-10-6-2/h21,26-28,33-38,41-42H,5-20,22-25,29-32,39-40H2,1-4H3. The predicted octanol–water partition coefficient (Wildman–Crippen LogP) is 16.0. The Kier molecular flexibility index (Phi) is 20.4. The van der Waals surface area contributed by atoms with Crippen LogP contribution >= 0.6 is 22.7 Å². The summed E-state index contributed by atoms with van der Waals surface area (Å²) in [5.41, 5.74) is 4.23. The molecule has 0 fully saturated rings. The lowest BCUT2D eigenvalue weighted by Gasteiger charge is -2.29. The van der Waals surface area contributed by atoms with Crippen molar-refractivity contribution >= 4 is 45.9 Å². The van der Waals surface area contributed by atoms with Gasteiger partial charge in [0.25, 0.3) is 11.8 Å².